The number of methoxy groups -OCH3 is 1. The Morgan fingerprint density at radius 1 is 1.50 bits per heavy atom. The third-order valence-electron chi connectivity index (χ3n) is 2.71. The Morgan fingerprint density at radius 3 is 2.81 bits per heavy atom. The summed E-state index contributed by atoms with van der Waals surface area (Å²) in [6.45, 7) is 4.92. The van der Waals surface area contributed by atoms with E-state index in [1.54, 1.807) is 7.11 Å². The molecule has 2 N–H and O–H groups in total. The smallest absolute Gasteiger partial charge is 0.126 e. The van der Waals surface area contributed by atoms with Crippen molar-refractivity contribution in [3.05, 3.63) is 24.0 Å². The van der Waals surface area contributed by atoms with Crippen molar-refractivity contribution < 1.29 is 4.74 Å². The number of benzene rings is 1. The van der Waals surface area contributed by atoms with Crippen molar-refractivity contribution >= 4 is 11.0 Å². The highest BCUT2D eigenvalue weighted by Gasteiger charge is 2.12. The molecule has 0 amide bonds. The van der Waals surface area contributed by atoms with Gasteiger partial charge < -0.3 is 15.0 Å². The average Bonchev–Trinajstić information content (AvgIpc) is 2.66. The summed E-state index contributed by atoms with van der Waals surface area (Å²) in [6, 6.07) is 5.85. The summed E-state index contributed by atoms with van der Waals surface area (Å²) in [6.07, 6.45) is 0. The van der Waals surface area contributed by atoms with Gasteiger partial charge in [0.05, 0.1) is 24.2 Å². The number of ether oxygens (including phenoxy) is 1. The van der Waals surface area contributed by atoms with Crippen LogP contribution in [0.5, 0.6) is 5.75 Å². The first kappa shape index (κ1) is 11.0. The van der Waals surface area contributed by atoms with Gasteiger partial charge in [0.1, 0.15) is 11.6 Å². The average molecular weight is 219 g/mol. The molecule has 0 saturated heterocycles. The first-order valence-electron chi connectivity index (χ1n) is 5.47. The molecular weight excluding hydrogens is 202 g/mol. The summed E-state index contributed by atoms with van der Waals surface area (Å²) in [5.74, 6) is 1.75. The summed E-state index contributed by atoms with van der Waals surface area (Å²) >= 11 is 0. The second kappa shape index (κ2) is 4.14. The van der Waals surface area contributed by atoms with E-state index in [0.29, 0.717) is 0 Å². The molecule has 16 heavy (non-hydrogen) atoms. The highest BCUT2D eigenvalue weighted by atomic mass is 16.5. The summed E-state index contributed by atoms with van der Waals surface area (Å²) in [5, 5.41) is 0. The van der Waals surface area contributed by atoms with Crippen molar-refractivity contribution in [1.29, 1.82) is 0 Å². The molecule has 4 nitrogen and oxygen atoms in total. The first-order valence-corrected chi connectivity index (χ1v) is 5.47. The highest BCUT2D eigenvalue weighted by Crippen LogP contribution is 2.23. The minimum Gasteiger partial charge on any atom is -0.497 e. The largest absolute Gasteiger partial charge is 0.497 e. The van der Waals surface area contributed by atoms with Gasteiger partial charge in [-0.25, -0.2) is 4.98 Å². The lowest BCUT2D eigenvalue weighted by molar-refractivity contribution is 0.415. The van der Waals surface area contributed by atoms with E-state index in [-0.39, 0.29) is 6.04 Å². The van der Waals surface area contributed by atoms with Crippen LogP contribution in [0.25, 0.3) is 11.0 Å². The minimum atomic E-state index is -0.0571. The van der Waals surface area contributed by atoms with Gasteiger partial charge in [-0.1, -0.05) is 0 Å². The van der Waals surface area contributed by atoms with Crippen LogP contribution in [0, 0.1) is 0 Å². The van der Waals surface area contributed by atoms with Gasteiger partial charge in [0.15, 0.2) is 0 Å². The third kappa shape index (κ3) is 1.65. The van der Waals surface area contributed by atoms with E-state index < -0.39 is 0 Å². The van der Waals surface area contributed by atoms with Crippen LogP contribution in [-0.4, -0.2) is 16.7 Å². The van der Waals surface area contributed by atoms with Gasteiger partial charge in [-0.15, -0.1) is 0 Å². The van der Waals surface area contributed by atoms with Crippen LogP contribution >= 0.6 is 0 Å². The molecule has 1 heterocycles. The molecule has 1 atom stereocenters. The molecular formula is C12H17N3O. The fraction of sp³-hybridized carbons (Fsp3) is 0.417. The molecule has 0 aliphatic rings. The van der Waals surface area contributed by atoms with E-state index in [0.717, 1.165) is 29.2 Å². The van der Waals surface area contributed by atoms with Gasteiger partial charge in [0.25, 0.3) is 0 Å². The van der Waals surface area contributed by atoms with E-state index in [9.17, 15) is 0 Å². The zero-order valence-electron chi connectivity index (χ0n) is 9.90. The number of aromatic nitrogens is 2. The van der Waals surface area contributed by atoms with Crippen molar-refractivity contribution in [2.75, 3.05) is 7.11 Å². The molecule has 1 aromatic carbocycles. The zero-order valence-corrected chi connectivity index (χ0v) is 9.90. The van der Waals surface area contributed by atoms with E-state index in [4.69, 9.17) is 10.5 Å². The molecule has 86 valence electrons. The molecule has 0 aliphatic carbocycles. The van der Waals surface area contributed by atoms with Gasteiger partial charge >= 0.3 is 0 Å². The number of imidazole rings is 1. The second-order valence-corrected chi connectivity index (χ2v) is 3.86. The van der Waals surface area contributed by atoms with E-state index in [1.165, 1.54) is 0 Å². The van der Waals surface area contributed by atoms with Gasteiger partial charge in [-0.05, 0) is 26.0 Å². The normalized spacial score (nSPS) is 13.0. The van der Waals surface area contributed by atoms with Gasteiger partial charge in [-0.2, -0.15) is 0 Å². The van der Waals surface area contributed by atoms with Crippen LogP contribution in [0.3, 0.4) is 0 Å². The van der Waals surface area contributed by atoms with Crippen LogP contribution in [0.2, 0.25) is 0 Å². The zero-order chi connectivity index (χ0) is 11.7. The standard InChI is InChI=1S/C12H17N3O/c1-4-15-11-6-5-9(16-3)7-10(11)14-12(15)8(2)13/h5-8H,4,13H2,1-3H3. The molecule has 0 fully saturated rings. The number of aryl methyl sites for hydroxylation is 1. The fourth-order valence-corrected chi connectivity index (χ4v) is 1.94. The van der Waals surface area contributed by atoms with Crippen molar-refractivity contribution in [2.24, 2.45) is 5.73 Å². The Hall–Kier alpha value is -1.55. The molecule has 1 aromatic heterocycles. The molecule has 1 unspecified atom stereocenters. The predicted molar refractivity (Wildman–Crippen MR) is 64.6 cm³/mol. The fourth-order valence-electron chi connectivity index (χ4n) is 1.94. The van der Waals surface area contributed by atoms with Crippen LogP contribution in [0.15, 0.2) is 18.2 Å². The third-order valence-corrected chi connectivity index (χ3v) is 2.71. The van der Waals surface area contributed by atoms with E-state index in [1.807, 2.05) is 25.1 Å². The maximum atomic E-state index is 5.91. The number of nitrogens with zero attached hydrogens (tertiary/aromatic N) is 2. The Morgan fingerprint density at radius 2 is 2.25 bits per heavy atom. The summed E-state index contributed by atoms with van der Waals surface area (Å²) in [4.78, 5) is 4.55. The van der Waals surface area contributed by atoms with Crippen LogP contribution in [0.4, 0.5) is 0 Å². The molecule has 0 saturated carbocycles. The Bertz CT molecular complexity index is 502. The maximum Gasteiger partial charge on any atom is 0.126 e. The topological polar surface area (TPSA) is 53.1 Å². The molecule has 4 heteroatoms. The van der Waals surface area contributed by atoms with Gasteiger partial charge in [0, 0.05) is 12.6 Å². The van der Waals surface area contributed by atoms with Gasteiger partial charge in [-0.3, -0.25) is 0 Å². The van der Waals surface area contributed by atoms with Crippen molar-refractivity contribution in [3.8, 4) is 5.75 Å². The van der Waals surface area contributed by atoms with Crippen LogP contribution in [0.1, 0.15) is 25.7 Å². The molecule has 0 radical (unpaired) electrons. The van der Waals surface area contributed by atoms with E-state index in [2.05, 4.69) is 16.5 Å². The number of fused-ring (bicyclic) bond motifs is 1. The minimum absolute atomic E-state index is 0.0571. The monoisotopic (exact) mass is 219 g/mol. The van der Waals surface area contributed by atoms with Crippen LogP contribution in [-0.2, 0) is 6.54 Å². The lowest BCUT2D eigenvalue weighted by Gasteiger charge is -2.08. The van der Waals surface area contributed by atoms with Crippen molar-refractivity contribution in [2.45, 2.75) is 26.4 Å². The highest BCUT2D eigenvalue weighted by molar-refractivity contribution is 5.78. The Kier molecular flexibility index (Phi) is 2.83. The molecule has 2 rings (SSSR count). The molecule has 0 aliphatic heterocycles. The number of hydrogen-bond acceptors (Lipinski definition) is 3. The van der Waals surface area contributed by atoms with Gasteiger partial charge in [0.2, 0.25) is 0 Å². The number of nitrogens with two attached hydrogens (primary N) is 1. The van der Waals surface area contributed by atoms with Crippen molar-refractivity contribution in [3.63, 3.8) is 0 Å². The Balaban J connectivity index is 2.66. The lowest BCUT2D eigenvalue weighted by Crippen LogP contribution is -2.12. The quantitative estimate of drug-likeness (QED) is 0.860. The second-order valence-electron chi connectivity index (χ2n) is 3.86. The summed E-state index contributed by atoms with van der Waals surface area (Å²) in [7, 11) is 1.66. The molecule has 0 bridgehead atoms. The lowest BCUT2D eigenvalue weighted by atomic mass is 10.3. The number of hydrogen-bond donors (Lipinski definition) is 1. The van der Waals surface area contributed by atoms with E-state index >= 15 is 0 Å². The first-order chi connectivity index (χ1) is 7.67. The predicted octanol–water partition coefficient (Wildman–Crippen LogP) is 2.08. The Labute approximate surface area is 95.0 Å². The van der Waals surface area contributed by atoms with Crippen molar-refractivity contribution in [1.82, 2.24) is 9.55 Å². The molecule has 2 aromatic rings. The molecule has 0 spiro atoms. The summed E-state index contributed by atoms with van der Waals surface area (Å²) in [5.41, 5.74) is 7.96. The SMILES string of the molecule is CCn1c(C(C)N)nc2cc(OC)ccc21. The maximum absolute atomic E-state index is 5.91. The van der Waals surface area contributed by atoms with Crippen LogP contribution < -0.4 is 10.5 Å². The number of rotatable bonds is 3. The summed E-state index contributed by atoms with van der Waals surface area (Å²) < 4.78 is 7.32.